The van der Waals surface area contributed by atoms with E-state index < -0.39 is 0 Å². The lowest BCUT2D eigenvalue weighted by molar-refractivity contribution is 0.548. The Labute approximate surface area is 125 Å². The van der Waals surface area contributed by atoms with E-state index in [1.165, 1.54) is 0 Å². The number of nitrogens with one attached hydrogen (secondary N) is 1. The lowest BCUT2D eigenvalue weighted by Gasteiger charge is -2.09. The smallest absolute Gasteiger partial charge is 0.159 e. The topological polar surface area (TPSA) is 37.8 Å². The van der Waals surface area contributed by atoms with Gasteiger partial charge in [0.2, 0.25) is 0 Å². The maximum Gasteiger partial charge on any atom is 0.159 e. The van der Waals surface area contributed by atoms with E-state index in [2.05, 4.69) is 29.1 Å². The van der Waals surface area contributed by atoms with Crippen LogP contribution in [0.5, 0.6) is 0 Å². The molecule has 0 aliphatic heterocycles. The van der Waals surface area contributed by atoms with Crippen LogP contribution >= 0.6 is 11.6 Å². The average molecular weight is 290 g/mol. The van der Waals surface area contributed by atoms with E-state index in [9.17, 15) is 0 Å². The first kappa shape index (κ1) is 14.9. The van der Waals surface area contributed by atoms with E-state index in [1.807, 2.05) is 37.3 Å². The molecule has 1 heterocycles. The van der Waals surface area contributed by atoms with E-state index in [0.29, 0.717) is 5.92 Å². The highest BCUT2D eigenvalue weighted by molar-refractivity contribution is 6.30. The standard InChI is InChI=1S/C16H20ClN3/c1-11(2)9-18-10-15-8-12(3)19-16(20-15)13-4-6-14(17)7-5-13/h4-8,11,18H,9-10H2,1-3H3. The van der Waals surface area contributed by atoms with Gasteiger partial charge in [0.05, 0.1) is 5.69 Å². The Bertz CT molecular complexity index is 564. The van der Waals surface area contributed by atoms with Gasteiger partial charge in [0.1, 0.15) is 0 Å². The first-order valence-electron chi connectivity index (χ1n) is 6.86. The number of rotatable bonds is 5. The van der Waals surface area contributed by atoms with Gasteiger partial charge in [-0.3, -0.25) is 0 Å². The number of hydrogen-bond donors (Lipinski definition) is 1. The minimum Gasteiger partial charge on any atom is -0.311 e. The second-order valence-corrected chi connectivity index (χ2v) is 5.79. The summed E-state index contributed by atoms with van der Waals surface area (Å²) in [5, 5.41) is 4.13. The number of aryl methyl sites for hydroxylation is 1. The Kier molecular flexibility index (Phi) is 5.10. The van der Waals surface area contributed by atoms with Gasteiger partial charge in [0.25, 0.3) is 0 Å². The van der Waals surface area contributed by atoms with E-state index in [0.717, 1.165) is 40.9 Å². The van der Waals surface area contributed by atoms with Crippen molar-refractivity contribution in [1.82, 2.24) is 15.3 Å². The Morgan fingerprint density at radius 1 is 1.15 bits per heavy atom. The largest absolute Gasteiger partial charge is 0.311 e. The van der Waals surface area contributed by atoms with Crippen molar-refractivity contribution in [2.75, 3.05) is 6.54 Å². The molecule has 0 atom stereocenters. The maximum absolute atomic E-state index is 5.91. The molecule has 20 heavy (non-hydrogen) atoms. The van der Waals surface area contributed by atoms with Crippen LogP contribution in [0.3, 0.4) is 0 Å². The highest BCUT2D eigenvalue weighted by Gasteiger charge is 2.05. The first-order chi connectivity index (χ1) is 9.54. The highest BCUT2D eigenvalue weighted by atomic mass is 35.5. The quantitative estimate of drug-likeness (QED) is 0.908. The van der Waals surface area contributed by atoms with E-state index in [-0.39, 0.29) is 0 Å². The fraction of sp³-hybridized carbons (Fsp3) is 0.375. The van der Waals surface area contributed by atoms with Crippen LogP contribution in [0.25, 0.3) is 11.4 Å². The molecular formula is C16H20ClN3. The van der Waals surface area contributed by atoms with Gasteiger partial charge >= 0.3 is 0 Å². The molecule has 0 saturated carbocycles. The van der Waals surface area contributed by atoms with Crippen LogP contribution in [-0.4, -0.2) is 16.5 Å². The fourth-order valence-corrected chi connectivity index (χ4v) is 2.07. The van der Waals surface area contributed by atoms with Crippen molar-refractivity contribution in [1.29, 1.82) is 0 Å². The maximum atomic E-state index is 5.91. The predicted molar refractivity (Wildman–Crippen MR) is 83.8 cm³/mol. The second-order valence-electron chi connectivity index (χ2n) is 5.36. The van der Waals surface area contributed by atoms with Gasteiger partial charge in [-0.25, -0.2) is 9.97 Å². The number of aromatic nitrogens is 2. The van der Waals surface area contributed by atoms with Gasteiger partial charge in [0, 0.05) is 22.8 Å². The van der Waals surface area contributed by atoms with Crippen molar-refractivity contribution >= 4 is 11.6 Å². The molecule has 0 spiro atoms. The SMILES string of the molecule is Cc1cc(CNCC(C)C)nc(-c2ccc(Cl)cc2)n1. The minimum absolute atomic E-state index is 0.633. The summed E-state index contributed by atoms with van der Waals surface area (Å²) in [7, 11) is 0. The number of hydrogen-bond acceptors (Lipinski definition) is 3. The third kappa shape index (κ3) is 4.29. The average Bonchev–Trinajstić information content (AvgIpc) is 2.38. The van der Waals surface area contributed by atoms with E-state index in [4.69, 9.17) is 11.6 Å². The van der Waals surface area contributed by atoms with Crippen molar-refractivity contribution in [2.24, 2.45) is 5.92 Å². The van der Waals surface area contributed by atoms with Crippen molar-refractivity contribution in [3.63, 3.8) is 0 Å². The van der Waals surface area contributed by atoms with Gasteiger partial charge in [-0.15, -0.1) is 0 Å². The normalized spacial score (nSPS) is 11.1. The van der Waals surface area contributed by atoms with Crippen LogP contribution in [0, 0.1) is 12.8 Å². The van der Waals surface area contributed by atoms with Gasteiger partial charge in [-0.05, 0) is 49.7 Å². The Hall–Kier alpha value is -1.45. The molecule has 0 aliphatic rings. The van der Waals surface area contributed by atoms with Gasteiger partial charge in [-0.2, -0.15) is 0 Å². The van der Waals surface area contributed by atoms with Crippen molar-refractivity contribution in [3.05, 3.63) is 46.7 Å². The Morgan fingerprint density at radius 2 is 1.85 bits per heavy atom. The zero-order chi connectivity index (χ0) is 14.5. The summed E-state index contributed by atoms with van der Waals surface area (Å²) in [5.74, 6) is 1.39. The number of nitrogens with zero attached hydrogens (tertiary/aromatic N) is 2. The molecule has 3 nitrogen and oxygen atoms in total. The zero-order valence-corrected chi connectivity index (χ0v) is 12.9. The molecule has 1 aromatic carbocycles. The van der Waals surface area contributed by atoms with E-state index in [1.54, 1.807) is 0 Å². The van der Waals surface area contributed by atoms with Crippen molar-refractivity contribution < 1.29 is 0 Å². The summed E-state index contributed by atoms with van der Waals surface area (Å²) in [6.45, 7) is 8.13. The molecule has 0 bridgehead atoms. The predicted octanol–water partition coefficient (Wildman–Crippen LogP) is 3.85. The number of halogens is 1. The molecule has 4 heteroatoms. The van der Waals surface area contributed by atoms with Crippen LogP contribution < -0.4 is 5.32 Å². The summed E-state index contributed by atoms with van der Waals surface area (Å²) >= 11 is 5.91. The zero-order valence-electron chi connectivity index (χ0n) is 12.2. The van der Waals surface area contributed by atoms with Crippen LogP contribution in [0.2, 0.25) is 5.02 Å². The third-order valence-corrected chi connectivity index (χ3v) is 3.12. The summed E-state index contributed by atoms with van der Waals surface area (Å²) in [4.78, 5) is 9.11. The molecule has 1 aromatic heterocycles. The second kappa shape index (κ2) is 6.82. The van der Waals surface area contributed by atoms with Gasteiger partial charge in [-0.1, -0.05) is 25.4 Å². The highest BCUT2D eigenvalue weighted by Crippen LogP contribution is 2.18. The molecule has 106 valence electrons. The molecule has 0 amide bonds. The lowest BCUT2D eigenvalue weighted by Crippen LogP contribution is -2.20. The molecule has 0 fully saturated rings. The molecule has 2 rings (SSSR count). The van der Waals surface area contributed by atoms with E-state index >= 15 is 0 Å². The summed E-state index contributed by atoms with van der Waals surface area (Å²) in [6.07, 6.45) is 0. The molecule has 0 aliphatic carbocycles. The van der Waals surface area contributed by atoms with Crippen molar-refractivity contribution in [3.8, 4) is 11.4 Å². The van der Waals surface area contributed by atoms with Gasteiger partial charge in [0.15, 0.2) is 5.82 Å². The fourth-order valence-electron chi connectivity index (χ4n) is 1.94. The summed E-state index contributed by atoms with van der Waals surface area (Å²) in [6, 6.07) is 9.64. The minimum atomic E-state index is 0.633. The summed E-state index contributed by atoms with van der Waals surface area (Å²) < 4.78 is 0. The Morgan fingerprint density at radius 3 is 2.50 bits per heavy atom. The van der Waals surface area contributed by atoms with Gasteiger partial charge < -0.3 is 5.32 Å². The van der Waals surface area contributed by atoms with Crippen LogP contribution in [0.15, 0.2) is 30.3 Å². The lowest BCUT2D eigenvalue weighted by atomic mass is 10.2. The molecule has 0 unspecified atom stereocenters. The molecular weight excluding hydrogens is 270 g/mol. The van der Waals surface area contributed by atoms with Crippen molar-refractivity contribution in [2.45, 2.75) is 27.3 Å². The summed E-state index contributed by atoms with van der Waals surface area (Å²) in [5.41, 5.74) is 2.98. The third-order valence-electron chi connectivity index (χ3n) is 2.87. The van der Waals surface area contributed by atoms with Crippen LogP contribution in [0.1, 0.15) is 25.2 Å². The van der Waals surface area contributed by atoms with Crippen LogP contribution in [0.4, 0.5) is 0 Å². The van der Waals surface area contributed by atoms with Crippen LogP contribution in [-0.2, 0) is 6.54 Å². The molecule has 1 N–H and O–H groups in total. The Balaban J connectivity index is 2.18. The number of benzene rings is 1. The molecule has 2 aromatic rings. The molecule has 0 radical (unpaired) electrons. The molecule has 0 saturated heterocycles. The first-order valence-corrected chi connectivity index (χ1v) is 7.23. The monoisotopic (exact) mass is 289 g/mol.